The molecule has 4 heterocycles. The minimum absolute atomic E-state index is 0.0136. The van der Waals surface area contributed by atoms with Crippen molar-refractivity contribution in [3.05, 3.63) is 36.9 Å². The first kappa shape index (κ1) is 18.8. The maximum absolute atomic E-state index is 14.1. The number of carbonyl (C=O) groups is 1. The molecule has 0 spiro atoms. The fourth-order valence-corrected chi connectivity index (χ4v) is 3.56. The number of amides is 1. The van der Waals surface area contributed by atoms with Crippen molar-refractivity contribution in [2.75, 3.05) is 23.7 Å². The smallest absolute Gasteiger partial charge is 0.228 e. The molecule has 3 aromatic rings. The molecule has 1 saturated heterocycles. The van der Waals surface area contributed by atoms with E-state index in [9.17, 15) is 9.18 Å². The fourth-order valence-electron chi connectivity index (χ4n) is 3.56. The predicted molar refractivity (Wildman–Crippen MR) is 112 cm³/mol. The summed E-state index contributed by atoms with van der Waals surface area (Å²) in [6.45, 7) is 1.11. The van der Waals surface area contributed by atoms with Gasteiger partial charge in [-0.1, -0.05) is 0 Å². The van der Waals surface area contributed by atoms with Crippen LogP contribution in [-0.2, 0) is 4.79 Å². The highest BCUT2D eigenvalue weighted by Crippen LogP contribution is 2.30. The Morgan fingerprint density at radius 3 is 2.80 bits per heavy atom. The standard InChI is InChI=1S/C21H22FN7O/c22-15-8-23-4-3-16(15)27-20-11-24-9-18(28-20)14-5-13-6-19(26-10-17(13)25-7-14)29-21(30)12-1-2-12/h5-7,9-12,15-16,23H,1-4,8H2,(H,27,28)(H,26,29,30)/t15-,16-/m0/s1. The Bertz CT molecular complexity index is 1090. The van der Waals surface area contributed by atoms with Crippen molar-refractivity contribution >= 4 is 28.4 Å². The van der Waals surface area contributed by atoms with E-state index in [4.69, 9.17) is 0 Å². The summed E-state index contributed by atoms with van der Waals surface area (Å²) in [5.41, 5.74) is 2.14. The lowest BCUT2D eigenvalue weighted by Crippen LogP contribution is -2.45. The average molecular weight is 407 g/mol. The van der Waals surface area contributed by atoms with E-state index in [1.165, 1.54) is 0 Å². The summed E-state index contributed by atoms with van der Waals surface area (Å²) in [6, 6.07) is 3.46. The molecule has 2 atom stereocenters. The Hall–Kier alpha value is -3.20. The van der Waals surface area contributed by atoms with Crippen LogP contribution in [0, 0.1) is 5.92 Å². The molecule has 0 radical (unpaired) electrons. The maximum atomic E-state index is 14.1. The molecule has 1 aliphatic heterocycles. The van der Waals surface area contributed by atoms with Gasteiger partial charge in [-0.05, 0) is 37.9 Å². The molecule has 3 N–H and O–H groups in total. The van der Waals surface area contributed by atoms with Crippen molar-refractivity contribution < 1.29 is 9.18 Å². The van der Waals surface area contributed by atoms with Crippen LogP contribution in [0.25, 0.3) is 22.2 Å². The first-order chi connectivity index (χ1) is 14.7. The Labute approximate surface area is 172 Å². The number of nitrogens with zero attached hydrogens (tertiary/aromatic N) is 4. The molecule has 2 fully saturated rings. The van der Waals surface area contributed by atoms with Gasteiger partial charge in [0, 0.05) is 29.6 Å². The third-order valence-corrected chi connectivity index (χ3v) is 5.44. The number of pyridine rings is 2. The minimum Gasteiger partial charge on any atom is -0.363 e. The number of carbonyl (C=O) groups excluding carboxylic acids is 1. The van der Waals surface area contributed by atoms with Crippen LogP contribution < -0.4 is 16.0 Å². The Morgan fingerprint density at radius 1 is 1.07 bits per heavy atom. The Morgan fingerprint density at radius 2 is 1.97 bits per heavy atom. The van der Waals surface area contributed by atoms with Crippen molar-refractivity contribution in [2.45, 2.75) is 31.5 Å². The number of anilines is 2. The van der Waals surface area contributed by atoms with E-state index in [1.807, 2.05) is 12.1 Å². The van der Waals surface area contributed by atoms with Gasteiger partial charge in [0.15, 0.2) is 0 Å². The van der Waals surface area contributed by atoms with E-state index in [-0.39, 0.29) is 17.9 Å². The van der Waals surface area contributed by atoms with E-state index in [2.05, 4.69) is 35.9 Å². The normalized spacial score (nSPS) is 21.4. The SMILES string of the molecule is O=C(Nc1cc2cc(-c3cncc(N[C@H]4CCNC[C@@H]4F)n3)cnc2cn1)C1CC1. The summed E-state index contributed by atoms with van der Waals surface area (Å²) in [5, 5.41) is 9.90. The summed E-state index contributed by atoms with van der Waals surface area (Å²) >= 11 is 0. The number of rotatable bonds is 5. The number of fused-ring (bicyclic) bond motifs is 1. The molecule has 1 aliphatic carbocycles. The third kappa shape index (κ3) is 4.06. The van der Waals surface area contributed by atoms with Gasteiger partial charge in [0.2, 0.25) is 5.91 Å². The van der Waals surface area contributed by atoms with Crippen molar-refractivity contribution in [1.29, 1.82) is 0 Å². The largest absolute Gasteiger partial charge is 0.363 e. The number of hydrogen-bond acceptors (Lipinski definition) is 7. The van der Waals surface area contributed by atoms with E-state index in [0.717, 1.165) is 35.9 Å². The number of aromatic nitrogens is 4. The molecule has 1 amide bonds. The molecule has 2 aliphatic rings. The van der Waals surface area contributed by atoms with Crippen LogP contribution in [0.4, 0.5) is 16.0 Å². The second-order valence-corrected chi connectivity index (χ2v) is 7.80. The van der Waals surface area contributed by atoms with Gasteiger partial charge in [-0.3, -0.25) is 14.8 Å². The first-order valence-corrected chi connectivity index (χ1v) is 10.2. The summed E-state index contributed by atoms with van der Waals surface area (Å²) in [5.74, 6) is 1.18. The summed E-state index contributed by atoms with van der Waals surface area (Å²) in [6.07, 6.45) is 8.20. The Kier molecular flexibility index (Phi) is 4.96. The van der Waals surface area contributed by atoms with E-state index >= 15 is 0 Å². The molecule has 8 nitrogen and oxygen atoms in total. The number of hydrogen-bond donors (Lipinski definition) is 3. The second-order valence-electron chi connectivity index (χ2n) is 7.80. The summed E-state index contributed by atoms with van der Waals surface area (Å²) in [7, 11) is 0. The van der Waals surface area contributed by atoms with E-state index < -0.39 is 6.17 Å². The topological polar surface area (TPSA) is 105 Å². The molecule has 0 aromatic carbocycles. The van der Waals surface area contributed by atoms with Crippen LogP contribution in [0.3, 0.4) is 0 Å². The van der Waals surface area contributed by atoms with Crippen LogP contribution in [0.2, 0.25) is 0 Å². The van der Waals surface area contributed by atoms with Crippen LogP contribution in [0.1, 0.15) is 19.3 Å². The van der Waals surface area contributed by atoms with Crippen molar-refractivity contribution in [3.63, 3.8) is 0 Å². The lowest BCUT2D eigenvalue weighted by molar-refractivity contribution is -0.117. The number of nitrogens with one attached hydrogen (secondary N) is 3. The van der Waals surface area contributed by atoms with Gasteiger partial charge >= 0.3 is 0 Å². The third-order valence-electron chi connectivity index (χ3n) is 5.44. The monoisotopic (exact) mass is 407 g/mol. The van der Waals surface area contributed by atoms with E-state index in [0.29, 0.717) is 30.3 Å². The molecule has 154 valence electrons. The predicted octanol–water partition coefficient (Wildman–Crippen LogP) is 2.55. The van der Waals surface area contributed by atoms with Gasteiger partial charge < -0.3 is 16.0 Å². The highest BCUT2D eigenvalue weighted by Gasteiger charge is 2.29. The van der Waals surface area contributed by atoms with Crippen molar-refractivity contribution in [1.82, 2.24) is 25.3 Å². The fraction of sp³-hybridized carbons (Fsp3) is 0.381. The minimum atomic E-state index is -0.969. The highest BCUT2D eigenvalue weighted by molar-refractivity contribution is 5.95. The van der Waals surface area contributed by atoms with Gasteiger partial charge in [0.05, 0.1) is 35.8 Å². The zero-order valence-corrected chi connectivity index (χ0v) is 16.3. The Balaban J connectivity index is 1.38. The zero-order valence-electron chi connectivity index (χ0n) is 16.3. The first-order valence-electron chi connectivity index (χ1n) is 10.2. The van der Waals surface area contributed by atoms with Crippen LogP contribution in [0.15, 0.2) is 36.9 Å². The molecule has 0 unspecified atom stereocenters. The van der Waals surface area contributed by atoms with E-state index in [1.54, 1.807) is 24.8 Å². The lowest BCUT2D eigenvalue weighted by Gasteiger charge is -2.27. The second kappa shape index (κ2) is 7.91. The average Bonchev–Trinajstić information content (AvgIpc) is 3.61. The number of halogens is 1. The number of alkyl halides is 1. The lowest BCUT2D eigenvalue weighted by atomic mass is 10.1. The molecule has 1 saturated carbocycles. The van der Waals surface area contributed by atoms with Crippen molar-refractivity contribution in [3.8, 4) is 11.3 Å². The maximum Gasteiger partial charge on any atom is 0.228 e. The van der Waals surface area contributed by atoms with Crippen molar-refractivity contribution in [2.24, 2.45) is 5.92 Å². The molecular weight excluding hydrogens is 385 g/mol. The quantitative estimate of drug-likeness (QED) is 0.597. The molecule has 0 bridgehead atoms. The molecule has 3 aromatic heterocycles. The molecular formula is C21H22FN7O. The molecule has 5 rings (SSSR count). The van der Waals surface area contributed by atoms with Crippen LogP contribution in [0.5, 0.6) is 0 Å². The molecule has 9 heteroatoms. The van der Waals surface area contributed by atoms with Crippen LogP contribution >= 0.6 is 0 Å². The molecule has 30 heavy (non-hydrogen) atoms. The van der Waals surface area contributed by atoms with Crippen LogP contribution in [-0.4, -0.2) is 51.1 Å². The summed E-state index contributed by atoms with van der Waals surface area (Å²) in [4.78, 5) is 29.6. The number of piperidine rings is 1. The van der Waals surface area contributed by atoms with Gasteiger partial charge in [-0.2, -0.15) is 0 Å². The highest BCUT2D eigenvalue weighted by atomic mass is 19.1. The van der Waals surface area contributed by atoms with Gasteiger partial charge in [0.25, 0.3) is 0 Å². The van der Waals surface area contributed by atoms with Gasteiger partial charge in [0.1, 0.15) is 17.8 Å². The van der Waals surface area contributed by atoms with Gasteiger partial charge in [-0.15, -0.1) is 0 Å². The zero-order chi connectivity index (χ0) is 20.5. The summed E-state index contributed by atoms with van der Waals surface area (Å²) < 4.78 is 14.1. The van der Waals surface area contributed by atoms with Gasteiger partial charge in [-0.25, -0.2) is 14.4 Å².